The highest BCUT2D eigenvalue weighted by molar-refractivity contribution is 5.92. The van der Waals surface area contributed by atoms with Gasteiger partial charge in [-0.2, -0.15) is 4.68 Å². The van der Waals surface area contributed by atoms with Crippen LogP contribution in [0, 0.1) is 6.92 Å². The van der Waals surface area contributed by atoms with Crippen molar-refractivity contribution in [2.45, 2.75) is 39.8 Å². The van der Waals surface area contributed by atoms with E-state index in [-0.39, 0.29) is 5.97 Å². The van der Waals surface area contributed by atoms with Crippen LogP contribution in [-0.2, 0) is 16.1 Å². The lowest BCUT2D eigenvalue weighted by molar-refractivity contribution is -0.139. The van der Waals surface area contributed by atoms with Crippen molar-refractivity contribution in [3.05, 3.63) is 76.5 Å². The van der Waals surface area contributed by atoms with Crippen molar-refractivity contribution < 1.29 is 14.3 Å². The fourth-order valence-electron chi connectivity index (χ4n) is 3.48. The van der Waals surface area contributed by atoms with E-state index in [2.05, 4.69) is 39.9 Å². The van der Waals surface area contributed by atoms with Crippen molar-refractivity contribution in [2.24, 2.45) is 0 Å². The van der Waals surface area contributed by atoms with Gasteiger partial charge in [-0.3, -0.25) is 0 Å². The fourth-order valence-corrected chi connectivity index (χ4v) is 3.48. The molecule has 3 aromatic rings. The van der Waals surface area contributed by atoms with Gasteiger partial charge in [0.2, 0.25) is 5.95 Å². The van der Waals surface area contributed by atoms with Crippen LogP contribution < -0.4 is 10.1 Å². The van der Waals surface area contributed by atoms with E-state index in [1.54, 1.807) is 4.68 Å². The lowest BCUT2D eigenvalue weighted by Crippen LogP contribution is -2.29. The highest BCUT2D eigenvalue weighted by Crippen LogP contribution is 2.36. The van der Waals surface area contributed by atoms with E-state index in [4.69, 9.17) is 9.47 Å². The van der Waals surface area contributed by atoms with Crippen molar-refractivity contribution in [3.8, 4) is 5.75 Å². The van der Waals surface area contributed by atoms with Gasteiger partial charge in [-0.05, 0) is 54.0 Å². The first-order valence-electron chi connectivity index (χ1n) is 10.3. The maximum absolute atomic E-state index is 12.9. The molecular weight excluding hydrogens is 394 g/mol. The molecule has 0 saturated heterocycles. The number of hydrogen-bond donors (Lipinski definition) is 1. The molecule has 1 N–H and O–H groups in total. The Labute approximate surface area is 180 Å². The summed E-state index contributed by atoms with van der Waals surface area (Å²) in [4.78, 5) is 12.9. The number of ether oxygens (including phenoxy) is 2. The number of aromatic nitrogens is 4. The van der Waals surface area contributed by atoms with Crippen LogP contribution in [0.2, 0.25) is 0 Å². The van der Waals surface area contributed by atoms with Crippen molar-refractivity contribution in [3.63, 3.8) is 0 Å². The average molecular weight is 419 g/mol. The second kappa shape index (κ2) is 8.99. The van der Waals surface area contributed by atoms with Gasteiger partial charge in [-0.25, -0.2) is 4.79 Å². The standard InChI is InChI=1S/C23H25N5O3/c1-4-12-30-22(29)20-16(3)24-23-25-26-27-28(23)21(20)18-6-5-7-19(13-18)31-14-17-10-8-15(2)9-11-17/h5-11,13,21H,4,12,14H2,1-3H3,(H,24,25,27). The molecule has 0 amide bonds. The van der Waals surface area contributed by atoms with Gasteiger partial charge in [0, 0.05) is 5.70 Å². The molecule has 2 heterocycles. The van der Waals surface area contributed by atoms with Crippen LogP contribution in [0.1, 0.15) is 43.0 Å². The number of tetrazole rings is 1. The maximum atomic E-state index is 12.9. The molecule has 160 valence electrons. The zero-order chi connectivity index (χ0) is 21.8. The molecule has 8 heteroatoms. The molecule has 1 aliphatic rings. The second-order valence-electron chi connectivity index (χ2n) is 7.50. The molecule has 0 fully saturated rings. The topological polar surface area (TPSA) is 91.2 Å². The summed E-state index contributed by atoms with van der Waals surface area (Å²) in [5, 5.41) is 15.0. The second-order valence-corrected chi connectivity index (χ2v) is 7.50. The molecule has 31 heavy (non-hydrogen) atoms. The van der Waals surface area contributed by atoms with Crippen LogP contribution in [-0.4, -0.2) is 32.8 Å². The van der Waals surface area contributed by atoms with Crippen molar-refractivity contribution in [2.75, 3.05) is 11.9 Å². The molecule has 1 atom stereocenters. The van der Waals surface area contributed by atoms with E-state index in [9.17, 15) is 4.79 Å². The predicted octanol–water partition coefficient (Wildman–Crippen LogP) is 3.80. The Morgan fingerprint density at radius 3 is 2.74 bits per heavy atom. The number of rotatable bonds is 7. The molecule has 4 rings (SSSR count). The summed E-state index contributed by atoms with van der Waals surface area (Å²) >= 11 is 0. The highest BCUT2D eigenvalue weighted by atomic mass is 16.5. The van der Waals surface area contributed by atoms with E-state index < -0.39 is 6.04 Å². The van der Waals surface area contributed by atoms with Crippen molar-refractivity contribution >= 4 is 11.9 Å². The Balaban J connectivity index is 1.63. The Kier molecular flexibility index (Phi) is 5.97. The minimum absolute atomic E-state index is 0.352. The van der Waals surface area contributed by atoms with Gasteiger partial charge in [0.05, 0.1) is 12.2 Å². The largest absolute Gasteiger partial charge is 0.489 e. The number of hydrogen-bond acceptors (Lipinski definition) is 7. The molecule has 1 aliphatic heterocycles. The zero-order valence-corrected chi connectivity index (χ0v) is 17.8. The maximum Gasteiger partial charge on any atom is 0.338 e. The molecular formula is C23H25N5O3. The van der Waals surface area contributed by atoms with Gasteiger partial charge in [0.15, 0.2) is 0 Å². The minimum Gasteiger partial charge on any atom is -0.489 e. The number of esters is 1. The zero-order valence-electron chi connectivity index (χ0n) is 17.8. The first-order valence-corrected chi connectivity index (χ1v) is 10.3. The smallest absolute Gasteiger partial charge is 0.338 e. The van der Waals surface area contributed by atoms with Crippen LogP contribution >= 0.6 is 0 Å². The molecule has 1 unspecified atom stereocenters. The quantitative estimate of drug-likeness (QED) is 0.583. The van der Waals surface area contributed by atoms with E-state index in [0.29, 0.717) is 36.2 Å². The first kappa shape index (κ1) is 20.6. The van der Waals surface area contributed by atoms with Crippen molar-refractivity contribution in [1.82, 2.24) is 20.2 Å². The lowest BCUT2D eigenvalue weighted by atomic mass is 9.95. The lowest BCUT2D eigenvalue weighted by Gasteiger charge is -2.27. The number of allylic oxidation sites excluding steroid dienone is 1. The molecule has 0 radical (unpaired) electrons. The summed E-state index contributed by atoms with van der Waals surface area (Å²) < 4.78 is 13.0. The van der Waals surface area contributed by atoms with Crippen LogP contribution in [0.25, 0.3) is 0 Å². The van der Waals surface area contributed by atoms with Gasteiger partial charge >= 0.3 is 5.97 Å². The number of nitrogens with zero attached hydrogens (tertiary/aromatic N) is 4. The average Bonchev–Trinajstić information content (AvgIpc) is 3.24. The molecule has 0 bridgehead atoms. The van der Waals surface area contributed by atoms with Gasteiger partial charge in [0.1, 0.15) is 18.4 Å². The van der Waals surface area contributed by atoms with Crippen LogP contribution in [0.5, 0.6) is 5.75 Å². The third kappa shape index (κ3) is 4.42. The molecule has 0 spiro atoms. The number of carbonyl (C=O) groups is 1. The summed E-state index contributed by atoms with van der Waals surface area (Å²) in [5.74, 6) is 0.787. The summed E-state index contributed by atoms with van der Waals surface area (Å²) in [6, 6.07) is 15.3. The van der Waals surface area contributed by atoms with E-state index in [1.807, 2.05) is 50.2 Å². The van der Waals surface area contributed by atoms with Gasteiger partial charge in [-0.1, -0.05) is 54.0 Å². The monoisotopic (exact) mass is 419 g/mol. The first-order chi connectivity index (χ1) is 15.1. The van der Waals surface area contributed by atoms with Crippen LogP contribution in [0.4, 0.5) is 5.95 Å². The summed E-state index contributed by atoms with van der Waals surface area (Å²) in [6.07, 6.45) is 0.745. The Bertz CT molecular complexity index is 1100. The van der Waals surface area contributed by atoms with Gasteiger partial charge in [-0.15, -0.1) is 0 Å². The molecule has 2 aromatic carbocycles. The number of nitrogens with one attached hydrogen (secondary N) is 1. The predicted molar refractivity (Wildman–Crippen MR) is 115 cm³/mol. The van der Waals surface area contributed by atoms with Crippen LogP contribution in [0.3, 0.4) is 0 Å². The van der Waals surface area contributed by atoms with E-state index in [1.165, 1.54) is 5.56 Å². The third-order valence-electron chi connectivity index (χ3n) is 5.07. The molecule has 1 aromatic heterocycles. The highest BCUT2D eigenvalue weighted by Gasteiger charge is 2.35. The molecule has 8 nitrogen and oxygen atoms in total. The number of anilines is 1. The fraction of sp³-hybridized carbons (Fsp3) is 0.304. The normalized spacial score (nSPS) is 15.3. The SMILES string of the molecule is CCCOC(=O)C1=C(C)Nc2nnnn2C1c1cccc(OCc2ccc(C)cc2)c1. The molecule has 0 aliphatic carbocycles. The summed E-state index contributed by atoms with van der Waals surface area (Å²) in [5.41, 5.74) is 4.27. The van der Waals surface area contributed by atoms with Gasteiger partial charge in [0.25, 0.3) is 0 Å². The third-order valence-corrected chi connectivity index (χ3v) is 5.07. The minimum atomic E-state index is -0.515. The van der Waals surface area contributed by atoms with Gasteiger partial charge < -0.3 is 14.8 Å². The number of benzene rings is 2. The summed E-state index contributed by atoms with van der Waals surface area (Å²) in [6.45, 7) is 6.64. The molecule has 0 saturated carbocycles. The Morgan fingerprint density at radius 2 is 1.97 bits per heavy atom. The number of aryl methyl sites for hydroxylation is 1. The van der Waals surface area contributed by atoms with E-state index in [0.717, 1.165) is 17.5 Å². The Morgan fingerprint density at radius 1 is 1.16 bits per heavy atom. The number of carbonyl (C=O) groups excluding carboxylic acids is 1. The number of fused-ring (bicyclic) bond motifs is 1. The van der Waals surface area contributed by atoms with Crippen LogP contribution in [0.15, 0.2) is 59.8 Å². The summed E-state index contributed by atoms with van der Waals surface area (Å²) in [7, 11) is 0. The Hall–Kier alpha value is -3.68. The van der Waals surface area contributed by atoms with Crippen molar-refractivity contribution in [1.29, 1.82) is 0 Å². The van der Waals surface area contributed by atoms with E-state index >= 15 is 0 Å².